The number of hydrogen-bond acceptors (Lipinski definition) is 3. The first kappa shape index (κ1) is 16.3. The fraction of sp³-hybridized carbons (Fsp3) is 0.385. The van der Waals surface area contributed by atoms with Gasteiger partial charge in [-0.3, -0.25) is 9.69 Å². The van der Waals surface area contributed by atoms with E-state index in [2.05, 4.69) is 10.6 Å². The summed E-state index contributed by atoms with van der Waals surface area (Å²) >= 11 is 0. The van der Waals surface area contributed by atoms with E-state index in [1.165, 1.54) is 0 Å². The molecule has 0 saturated carbocycles. The maximum atomic E-state index is 11.8. The van der Waals surface area contributed by atoms with Crippen molar-refractivity contribution in [2.75, 3.05) is 29.9 Å². The fourth-order valence-corrected chi connectivity index (χ4v) is 1.84. The summed E-state index contributed by atoms with van der Waals surface area (Å²) in [7, 11) is 0. The summed E-state index contributed by atoms with van der Waals surface area (Å²) in [6.07, 6.45) is 0. The Bertz CT molecular complexity index is 495. The van der Waals surface area contributed by atoms with Gasteiger partial charge in [-0.15, -0.1) is 12.4 Å². The molecule has 7 heteroatoms. The Morgan fingerprint density at radius 3 is 2.90 bits per heavy atom. The second-order valence-electron chi connectivity index (χ2n) is 4.56. The van der Waals surface area contributed by atoms with Crippen molar-refractivity contribution in [1.82, 2.24) is 5.32 Å². The summed E-state index contributed by atoms with van der Waals surface area (Å²) in [5.74, 6) is -0.357. The van der Waals surface area contributed by atoms with Crippen LogP contribution >= 0.6 is 12.4 Å². The molecule has 110 valence electrons. The van der Waals surface area contributed by atoms with E-state index in [1.807, 2.05) is 12.1 Å². The van der Waals surface area contributed by atoms with Gasteiger partial charge in [-0.25, -0.2) is 4.79 Å². The van der Waals surface area contributed by atoms with Crippen LogP contribution in [0.5, 0.6) is 0 Å². The Morgan fingerprint density at radius 2 is 2.30 bits per heavy atom. The molecule has 0 spiro atoms. The second kappa shape index (κ2) is 7.12. The number of benzene rings is 1. The molecule has 0 aromatic heterocycles. The molecule has 1 heterocycles. The van der Waals surface area contributed by atoms with Gasteiger partial charge in [0.15, 0.2) is 0 Å². The molecule has 1 atom stereocenters. The van der Waals surface area contributed by atoms with E-state index in [0.717, 1.165) is 5.69 Å². The summed E-state index contributed by atoms with van der Waals surface area (Å²) in [5.41, 5.74) is 6.89. The van der Waals surface area contributed by atoms with Gasteiger partial charge in [0.25, 0.3) is 0 Å². The number of carbonyl (C=O) groups is 2. The van der Waals surface area contributed by atoms with Crippen molar-refractivity contribution in [3.63, 3.8) is 0 Å². The number of urea groups is 1. The molecule has 1 unspecified atom stereocenters. The first-order chi connectivity index (χ1) is 9.11. The molecule has 20 heavy (non-hydrogen) atoms. The summed E-state index contributed by atoms with van der Waals surface area (Å²) in [4.78, 5) is 25.0. The number of nitrogens with two attached hydrogens (primary N) is 1. The normalized spacial score (nSPS) is 15.3. The summed E-state index contributed by atoms with van der Waals surface area (Å²) < 4.78 is 0. The van der Waals surface area contributed by atoms with Crippen LogP contribution in [0, 0.1) is 5.92 Å². The summed E-state index contributed by atoms with van der Waals surface area (Å²) in [5, 5.41) is 5.53. The molecule has 1 fully saturated rings. The van der Waals surface area contributed by atoms with Gasteiger partial charge in [-0.05, 0) is 18.2 Å². The van der Waals surface area contributed by atoms with Crippen LogP contribution in [0.15, 0.2) is 24.3 Å². The predicted octanol–water partition coefficient (Wildman–Crippen LogP) is 1.17. The first-order valence-electron chi connectivity index (χ1n) is 6.28. The molecular weight excluding hydrogens is 280 g/mol. The average Bonchev–Trinajstić information content (AvgIpc) is 2.84. The van der Waals surface area contributed by atoms with Gasteiger partial charge in [0.2, 0.25) is 5.91 Å². The molecule has 1 saturated heterocycles. The zero-order valence-corrected chi connectivity index (χ0v) is 12.1. The molecular formula is C13H19ClN4O2. The van der Waals surface area contributed by atoms with E-state index in [-0.39, 0.29) is 30.3 Å². The lowest BCUT2D eigenvalue weighted by molar-refractivity contribution is -0.119. The zero-order chi connectivity index (χ0) is 13.8. The Balaban J connectivity index is 0.00000200. The summed E-state index contributed by atoms with van der Waals surface area (Å²) in [6.45, 7) is 3.35. The van der Waals surface area contributed by atoms with Gasteiger partial charge in [0.05, 0.1) is 0 Å². The first-order valence-corrected chi connectivity index (χ1v) is 6.28. The van der Waals surface area contributed by atoms with Crippen molar-refractivity contribution in [1.29, 1.82) is 0 Å². The van der Waals surface area contributed by atoms with Crippen molar-refractivity contribution in [2.45, 2.75) is 6.92 Å². The van der Waals surface area contributed by atoms with Crippen molar-refractivity contribution in [3.05, 3.63) is 24.3 Å². The van der Waals surface area contributed by atoms with E-state index >= 15 is 0 Å². The highest BCUT2D eigenvalue weighted by atomic mass is 35.5. The minimum Gasteiger partial charge on any atom is -0.336 e. The third-order valence-corrected chi connectivity index (χ3v) is 3.08. The van der Waals surface area contributed by atoms with Crippen LogP contribution in [0.25, 0.3) is 0 Å². The van der Waals surface area contributed by atoms with E-state index < -0.39 is 0 Å². The lowest BCUT2D eigenvalue weighted by atomic mass is 10.1. The van der Waals surface area contributed by atoms with Crippen molar-refractivity contribution < 1.29 is 9.59 Å². The molecule has 1 aliphatic rings. The lowest BCUT2D eigenvalue weighted by Gasteiger charge is -2.16. The monoisotopic (exact) mass is 298 g/mol. The van der Waals surface area contributed by atoms with E-state index in [9.17, 15) is 9.59 Å². The van der Waals surface area contributed by atoms with Crippen LogP contribution in [0.2, 0.25) is 0 Å². The van der Waals surface area contributed by atoms with Gasteiger partial charge < -0.3 is 16.4 Å². The molecule has 3 amide bonds. The van der Waals surface area contributed by atoms with E-state index in [4.69, 9.17) is 5.73 Å². The molecule has 1 aliphatic heterocycles. The second-order valence-corrected chi connectivity index (χ2v) is 4.56. The van der Waals surface area contributed by atoms with Gasteiger partial charge in [0, 0.05) is 36.9 Å². The number of nitrogens with one attached hydrogen (secondary N) is 2. The van der Waals surface area contributed by atoms with Crippen LogP contribution < -0.4 is 21.3 Å². The quantitative estimate of drug-likeness (QED) is 0.780. The van der Waals surface area contributed by atoms with Gasteiger partial charge in [-0.1, -0.05) is 13.0 Å². The SMILES string of the molecule is CC(CN)C(=O)Nc1cccc(N2CCNC2=O)c1.Cl. The highest BCUT2D eigenvalue weighted by molar-refractivity contribution is 5.96. The topological polar surface area (TPSA) is 87.5 Å². The molecule has 2 rings (SSSR count). The molecule has 6 nitrogen and oxygen atoms in total. The Morgan fingerprint density at radius 1 is 1.55 bits per heavy atom. The van der Waals surface area contributed by atoms with E-state index in [0.29, 0.717) is 25.3 Å². The number of rotatable bonds is 4. The molecule has 1 aromatic carbocycles. The third-order valence-electron chi connectivity index (χ3n) is 3.08. The standard InChI is InChI=1S/C13H18N4O2.ClH/c1-9(8-14)12(18)16-10-3-2-4-11(7-10)17-6-5-15-13(17)19;/h2-4,7,9H,5-6,8,14H2,1H3,(H,15,19)(H,16,18);1H. The number of hydrogen-bond donors (Lipinski definition) is 3. The molecule has 4 N–H and O–H groups in total. The third kappa shape index (κ3) is 3.61. The highest BCUT2D eigenvalue weighted by Gasteiger charge is 2.21. The van der Waals surface area contributed by atoms with Crippen LogP contribution in [0.4, 0.5) is 16.2 Å². The van der Waals surface area contributed by atoms with Crippen molar-refractivity contribution in [2.24, 2.45) is 11.7 Å². The van der Waals surface area contributed by atoms with Gasteiger partial charge in [-0.2, -0.15) is 0 Å². The summed E-state index contributed by atoms with van der Waals surface area (Å²) in [6, 6.07) is 7.11. The molecule has 0 radical (unpaired) electrons. The minimum atomic E-state index is -0.237. The Labute approximate surface area is 124 Å². The maximum Gasteiger partial charge on any atom is 0.321 e. The van der Waals surface area contributed by atoms with Crippen molar-refractivity contribution >= 4 is 35.7 Å². The van der Waals surface area contributed by atoms with Gasteiger partial charge >= 0.3 is 6.03 Å². The maximum absolute atomic E-state index is 11.8. The highest BCUT2D eigenvalue weighted by Crippen LogP contribution is 2.21. The number of anilines is 2. The number of nitrogens with zero attached hydrogens (tertiary/aromatic N) is 1. The van der Waals surface area contributed by atoms with Crippen molar-refractivity contribution in [3.8, 4) is 0 Å². The van der Waals surface area contributed by atoms with Crippen LogP contribution in [0.3, 0.4) is 0 Å². The van der Waals surface area contributed by atoms with Gasteiger partial charge in [0.1, 0.15) is 0 Å². The van der Waals surface area contributed by atoms with Crippen LogP contribution in [-0.4, -0.2) is 31.6 Å². The predicted molar refractivity (Wildman–Crippen MR) is 81.3 cm³/mol. The van der Waals surface area contributed by atoms with Crippen LogP contribution in [-0.2, 0) is 4.79 Å². The largest absolute Gasteiger partial charge is 0.336 e. The van der Waals surface area contributed by atoms with Crippen LogP contribution in [0.1, 0.15) is 6.92 Å². The van der Waals surface area contributed by atoms with E-state index in [1.54, 1.807) is 24.0 Å². The minimum absolute atomic E-state index is 0. The smallest absolute Gasteiger partial charge is 0.321 e. The lowest BCUT2D eigenvalue weighted by Crippen LogP contribution is -2.28. The number of carbonyl (C=O) groups excluding carboxylic acids is 2. The number of halogens is 1. The zero-order valence-electron chi connectivity index (χ0n) is 11.3. The molecule has 1 aromatic rings. The molecule has 0 aliphatic carbocycles. The Kier molecular flexibility index (Phi) is 5.79. The average molecular weight is 299 g/mol. The molecule has 0 bridgehead atoms. The fourth-order valence-electron chi connectivity index (χ4n) is 1.84. The Hall–Kier alpha value is -1.79. The number of amides is 3.